The molecule has 1 aromatic carbocycles. The van der Waals surface area contributed by atoms with E-state index < -0.39 is 0 Å². The molecule has 0 N–H and O–H groups in total. The van der Waals surface area contributed by atoms with Crippen LogP contribution in [-0.4, -0.2) is 37.0 Å². The number of benzene rings is 1. The van der Waals surface area contributed by atoms with Gasteiger partial charge in [0, 0.05) is 13.1 Å². The normalized spacial score (nSPS) is 10.5. The molecule has 0 saturated heterocycles. The van der Waals surface area contributed by atoms with Crippen LogP contribution in [0, 0.1) is 5.92 Å². The topological polar surface area (TPSA) is 46.6 Å². The van der Waals surface area contributed by atoms with Gasteiger partial charge in [-0.1, -0.05) is 44.2 Å². The van der Waals surface area contributed by atoms with E-state index in [1.54, 1.807) is 4.90 Å². The summed E-state index contributed by atoms with van der Waals surface area (Å²) in [4.78, 5) is 25.4. The minimum absolute atomic E-state index is 0.0609. The maximum Gasteiger partial charge on any atom is 0.307 e. The highest BCUT2D eigenvalue weighted by Crippen LogP contribution is 2.08. The van der Waals surface area contributed by atoms with Crippen molar-refractivity contribution in [3.8, 4) is 0 Å². The van der Waals surface area contributed by atoms with Gasteiger partial charge in [-0.15, -0.1) is 0 Å². The maximum absolute atomic E-state index is 12.4. The number of esters is 1. The number of methoxy groups -OCH3 is 1. The van der Waals surface area contributed by atoms with Crippen molar-refractivity contribution < 1.29 is 14.3 Å². The Labute approximate surface area is 127 Å². The first-order valence-electron chi connectivity index (χ1n) is 7.41. The lowest BCUT2D eigenvalue weighted by atomic mass is 10.1. The van der Waals surface area contributed by atoms with Gasteiger partial charge in [0.15, 0.2) is 0 Å². The largest absolute Gasteiger partial charge is 0.469 e. The summed E-state index contributed by atoms with van der Waals surface area (Å²) in [6.45, 7) is 5.35. The Morgan fingerprint density at radius 1 is 1.14 bits per heavy atom. The van der Waals surface area contributed by atoms with Crippen LogP contribution in [0.1, 0.15) is 32.3 Å². The average Bonchev–Trinajstić information content (AvgIpc) is 2.47. The zero-order valence-electron chi connectivity index (χ0n) is 13.2. The molecule has 0 aliphatic carbocycles. The standard InChI is InChI=1S/C17H25NO3/c1-14(2)9-11-18(12-10-17(20)21-3)16(19)13-15-7-5-4-6-8-15/h4-8,14H,9-13H2,1-3H3. The first-order valence-corrected chi connectivity index (χ1v) is 7.41. The fourth-order valence-electron chi connectivity index (χ4n) is 1.99. The van der Waals surface area contributed by atoms with Crippen LogP contribution in [-0.2, 0) is 20.7 Å². The molecule has 0 atom stereocenters. The Balaban J connectivity index is 2.60. The molecule has 1 aromatic rings. The highest BCUT2D eigenvalue weighted by Gasteiger charge is 2.16. The molecule has 1 amide bonds. The number of amides is 1. The molecule has 116 valence electrons. The Morgan fingerprint density at radius 3 is 2.38 bits per heavy atom. The van der Waals surface area contributed by atoms with Crippen LogP contribution in [0.25, 0.3) is 0 Å². The molecule has 0 aliphatic rings. The van der Waals surface area contributed by atoms with E-state index in [0.29, 0.717) is 25.4 Å². The van der Waals surface area contributed by atoms with Gasteiger partial charge in [-0.05, 0) is 17.9 Å². The average molecular weight is 291 g/mol. The number of nitrogens with zero attached hydrogens (tertiary/aromatic N) is 1. The Bertz CT molecular complexity index is 443. The molecule has 0 bridgehead atoms. The van der Waals surface area contributed by atoms with Crippen LogP contribution >= 0.6 is 0 Å². The minimum atomic E-state index is -0.281. The molecular weight excluding hydrogens is 266 g/mol. The molecule has 0 heterocycles. The van der Waals surface area contributed by atoms with Crippen LogP contribution in [0.15, 0.2) is 30.3 Å². The third kappa shape index (κ3) is 6.93. The van der Waals surface area contributed by atoms with E-state index in [2.05, 4.69) is 18.6 Å². The smallest absolute Gasteiger partial charge is 0.307 e. The van der Waals surface area contributed by atoms with E-state index >= 15 is 0 Å². The molecule has 4 heteroatoms. The van der Waals surface area contributed by atoms with Crippen molar-refractivity contribution in [2.75, 3.05) is 20.2 Å². The van der Waals surface area contributed by atoms with E-state index in [4.69, 9.17) is 0 Å². The van der Waals surface area contributed by atoms with Gasteiger partial charge < -0.3 is 9.64 Å². The van der Waals surface area contributed by atoms with E-state index in [1.165, 1.54) is 7.11 Å². The summed E-state index contributed by atoms with van der Waals surface area (Å²) >= 11 is 0. The number of hydrogen-bond donors (Lipinski definition) is 0. The Morgan fingerprint density at radius 2 is 1.81 bits per heavy atom. The molecule has 0 radical (unpaired) electrons. The van der Waals surface area contributed by atoms with Crippen LogP contribution in [0.4, 0.5) is 0 Å². The quantitative estimate of drug-likeness (QED) is 0.692. The van der Waals surface area contributed by atoms with Crippen LogP contribution in [0.5, 0.6) is 0 Å². The van der Waals surface area contributed by atoms with Crippen molar-refractivity contribution in [1.29, 1.82) is 0 Å². The highest BCUT2D eigenvalue weighted by atomic mass is 16.5. The van der Waals surface area contributed by atoms with E-state index in [0.717, 1.165) is 12.0 Å². The first kappa shape index (κ1) is 17.2. The summed E-state index contributed by atoms with van der Waals surface area (Å²) in [6.07, 6.45) is 1.55. The summed E-state index contributed by atoms with van der Waals surface area (Å²) in [5.41, 5.74) is 0.995. The molecule has 0 fully saturated rings. The molecule has 0 spiro atoms. The molecule has 21 heavy (non-hydrogen) atoms. The van der Waals surface area contributed by atoms with Crippen molar-refractivity contribution in [2.24, 2.45) is 5.92 Å². The van der Waals surface area contributed by atoms with Crippen LogP contribution in [0.2, 0.25) is 0 Å². The van der Waals surface area contributed by atoms with Crippen molar-refractivity contribution in [1.82, 2.24) is 4.90 Å². The summed E-state index contributed by atoms with van der Waals surface area (Å²) in [5, 5.41) is 0. The fraction of sp³-hybridized carbons (Fsp3) is 0.529. The van der Waals surface area contributed by atoms with E-state index in [9.17, 15) is 9.59 Å². The van der Waals surface area contributed by atoms with Gasteiger partial charge in [-0.3, -0.25) is 9.59 Å². The summed E-state index contributed by atoms with van der Waals surface area (Å²) < 4.78 is 4.65. The lowest BCUT2D eigenvalue weighted by Gasteiger charge is -2.23. The summed E-state index contributed by atoms with van der Waals surface area (Å²) in [7, 11) is 1.37. The lowest BCUT2D eigenvalue weighted by Crippen LogP contribution is -2.35. The molecule has 0 aromatic heterocycles. The predicted octanol–water partition coefficient (Wildman–Crippen LogP) is 2.67. The van der Waals surface area contributed by atoms with Crippen molar-refractivity contribution in [3.05, 3.63) is 35.9 Å². The second-order valence-corrected chi connectivity index (χ2v) is 5.55. The number of hydrogen-bond acceptors (Lipinski definition) is 3. The molecule has 0 aliphatic heterocycles. The molecule has 0 unspecified atom stereocenters. The molecule has 1 rings (SSSR count). The van der Waals surface area contributed by atoms with E-state index in [-0.39, 0.29) is 18.3 Å². The minimum Gasteiger partial charge on any atom is -0.469 e. The number of carbonyl (C=O) groups is 2. The summed E-state index contributed by atoms with van der Waals surface area (Å²) in [6, 6.07) is 9.67. The van der Waals surface area contributed by atoms with Gasteiger partial charge in [0.1, 0.15) is 0 Å². The van der Waals surface area contributed by atoms with Crippen molar-refractivity contribution >= 4 is 11.9 Å². The number of carbonyl (C=O) groups excluding carboxylic acids is 2. The first-order chi connectivity index (χ1) is 10.0. The molecule has 0 saturated carbocycles. The monoisotopic (exact) mass is 291 g/mol. The van der Waals surface area contributed by atoms with Gasteiger partial charge in [-0.25, -0.2) is 0 Å². The van der Waals surface area contributed by atoms with Crippen LogP contribution in [0.3, 0.4) is 0 Å². The van der Waals surface area contributed by atoms with Crippen LogP contribution < -0.4 is 0 Å². The van der Waals surface area contributed by atoms with E-state index in [1.807, 2.05) is 30.3 Å². The maximum atomic E-state index is 12.4. The number of ether oxygens (including phenoxy) is 1. The summed E-state index contributed by atoms with van der Waals surface area (Å²) in [5.74, 6) is 0.304. The second kappa shape index (κ2) is 9.16. The third-order valence-electron chi connectivity index (χ3n) is 3.34. The zero-order valence-corrected chi connectivity index (χ0v) is 13.2. The van der Waals surface area contributed by atoms with Crippen molar-refractivity contribution in [3.63, 3.8) is 0 Å². The Kier molecular flexibility index (Phi) is 7.51. The van der Waals surface area contributed by atoms with Crippen molar-refractivity contribution in [2.45, 2.75) is 33.1 Å². The number of rotatable bonds is 8. The highest BCUT2D eigenvalue weighted by molar-refractivity contribution is 5.79. The van der Waals surface area contributed by atoms with Gasteiger partial charge in [0.25, 0.3) is 0 Å². The molecular formula is C17H25NO3. The zero-order chi connectivity index (χ0) is 15.7. The van der Waals surface area contributed by atoms with Gasteiger partial charge in [0.05, 0.1) is 20.0 Å². The third-order valence-corrected chi connectivity index (χ3v) is 3.34. The fourth-order valence-corrected chi connectivity index (χ4v) is 1.99. The lowest BCUT2D eigenvalue weighted by molar-refractivity contribution is -0.141. The predicted molar refractivity (Wildman–Crippen MR) is 82.8 cm³/mol. The van der Waals surface area contributed by atoms with Gasteiger partial charge in [0.2, 0.25) is 5.91 Å². The molecule has 4 nitrogen and oxygen atoms in total. The SMILES string of the molecule is COC(=O)CCN(CCC(C)C)C(=O)Cc1ccccc1. The van der Waals surface area contributed by atoms with Gasteiger partial charge in [-0.2, -0.15) is 0 Å². The Hall–Kier alpha value is -1.84. The second-order valence-electron chi connectivity index (χ2n) is 5.55. The van der Waals surface area contributed by atoms with Gasteiger partial charge >= 0.3 is 5.97 Å².